The summed E-state index contributed by atoms with van der Waals surface area (Å²) in [5, 5.41) is 4.22. The van der Waals surface area contributed by atoms with Gasteiger partial charge in [-0.1, -0.05) is 18.2 Å². The Morgan fingerprint density at radius 3 is 2.46 bits per heavy atom. The third-order valence-corrected chi connectivity index (χ3v) is 7.50. The number of ether oxygens (including phenoxy) is 1. The first kappa shape index (κ1) is 24.7. The van der Waals surface area contributed by atoms with Crippen LogP contribution in [0.15, 0.2) is 72.9 Å². The second-order valence-electron chi connectivity index (χ2n) is 9.47. The van der Waals surface area contributed by atoms with Gasteiger partial charge in [-0.15, -0.1) is 0 Å². The second kappa shape index (κ2) is 9.82. The van der Waals surface area contributed by atoms with Crippen LogP contribution in [0, 0.1) is 27.7 Å². The van der Waals surface area contributed by atoms with E-state index in [0.717, 1.165) is 34.0 Å². The Hall–Kier alpha value is -3.97. The Labute approximate surface area is 222 Å². The number of nitrogens with one attached hydrogen (secondary N) is 1. The molecule has 2 aromatic carbocycles. The Balaban J connectivity index is 1.67. The van der Waals surface area contributed by atoms with Crippen molar-refractivity contribution in [2.24, 2.45) is 0 Å². The number of aromatic nitrogens is 2. The van der Waals surface area contributed by atoms with Gasteiger partial charge in [-0.2, -0.15) is 0 Å². The summed E-state index contributed by atoms with van der Waals surface area (Å²) < 4.78 is 7.12. The van der Waals surface area contributed by atoms with Crippen molar-refractivity contribution in [3.63, 3.8) is 0 Å². The van der Waals surface area contributed by atoms with Crippen LogP contribution in [0.3, 0.4) is 0 Å². The summed E-state index contributed by atoms with van der Waals surface area (Å²) in [5.74, 6) is -0.356. The van der Waals surface area contributed by atoms with Crippen LogP contribution in [-0.4, -0.2) is 27.7 Å². The average molecular weight is 511 g/mol. The Bertz CT molecular complexity index is 1490. The molecule has 37 heavy (non-hydrogen) atoms. The van der Waals surface area contributed by atoms with Gasteiger partial charge in [-0.3, -0.25) is 4.98 Å². The number of rotatable bonds is 5. The number of hydrogen-bond acceptors (Lipinski definition) is 4. The molecule has 7 heteroatoms. The fourth-order valence-corrected chi connectivity index (χ4v) is 5.54. The Kier molecular flexibility index (Phi) is 6.56. The van der Waals surface area contributed by atoms with Crippen molar-refractivity contribution in [3.05, 3.63) is 112 Å². The Morgan fingerprint density at radius 1 is 0.946 bits per heavy atom. The molecule has 0 aliphatic carbocycles. The quantitative estimate of drug-likeness (QED) is 0.260. The lowest BCUT2D eigenvalue weighted by molar-refractivity contribution is 0.0600. The van der Waals surface area contributed by atoms with Crippen LogP contribution < -0.4 is 10.2 Å². The Morgan fingerprint density at radius 2 is 1.76 bits per heavy atom. The normalized spacial score (nSPS) is 17.1. The van der Waals surface area contributed by atoms with E-state index in [1.807, 2.05) is 42.6 Å². The standard InChI is InChI=1S/C30H30N4O2S/c1-18-12-13-24(15-19(18)2)34-28(27(32-30(34)37)26-11-6-7-14-31-26)25-16-20(3)33(21(25)4)23-10-8-9-22(17-23)29(35)36-5/h6-17,27-28H,1-5H3,(H,32,37)/t27-,28+/m1/s1. The lowest BCUT2D eigenvalue weighted by atomic mass is 9.96. The first-order chi connectivity index (χ1) is 17.8. The molecule has 1 saturated heterocycles. The molecule has 5 rings (SSSR count). The number of nitrogens with zero attached hydrogens (tertiary/aromatic N) is 3. The summed E-state index contributed by atoms with van der Waals surface area (Å²) >= 11 is 5.92. The van der Waals surface area contributed by atoms with Gasteiger partial charge >= 0.3 is 5.97 Å². The molecule has 0 saturated carbocycles. The molecule has 0 amide bonds. The average Bonchev–Trinajstić information content (AvgIpc) is 3.40. The maximum absolute atomic E-state index is 12.2. The molecular weight excluding hydrogens is 480 g/mol. The van der Waals surface area contributed by atoms with Crippen LogP contribution in [0.25, 0.3) is 5.69 Å². The maximum Gasteiger partial charge on any atom is 0.337 e. The molecule has 0 unspecified atom stereocenters. The lowest BCUT2D eigenvalue weighted by Crippen LogP contribution is -2.29. The molecule has 0 bridgehead atoms. The van der Waals surface area contributed by atoms with E-state index in [1.165, 1.54) is 18.2 Å². The van der Waals surface area contributed by atoms with E-state index in [0.29, 0.717) is 10.7 Å². The number of pyridine rings is 1. The monoisotopic (exact) mass is 510 g/mol. The third kappa shape index (κ3) is 4.40. The number of esters is 1. The van der Waals surface area contributed by atoms with Gasteiger partial charge in [-0.25, -0.2) is 4.79 Å². The molecule has 2 atom stereocenters. The van der Waals surface area contributed by atoms with Crippen molar-refractivity contribution >= 4 is 29.0 Å². The molecular formula is C30H30N4O2S. The highest BCUT2D eigenvalue weighted by molar-refractivity contribution is 7.80. The van der Waals surface area contributed by atoms with Crippen LogP contribution in [0.1, 0.15) is 56.2 Å². The summed E-state index contributed by atoms with van der Waals surface area (Å²) in [7, 11) is 1.40. The number of methoxy groups -OCH3 is 1. The van der Waals surface area contributed by atoms with Gasteiger partial charge in [0.15, 0.2) is 5.11 Å². The zero-order valence-electron chi connectivity index (χ0n) is 21.6. The molecule has 1 aliphatic heterocycles. The SMILES string of the molecule is COC(=O)c1cccc(-n2c(C)cc([C@H]3[C@@H](c4ccccn4)NC(=S)N3c3ccc(C)c(C)c3)c2C)c1. The van der Waals surface area contributed by atoms with Crippen LogP contribution in [-0.2, 0) is 4.74 Å². The molecule has 1 aliphatic rings. The van der Waals surface area contributed by atoms with Crippen molar-refractivity contribution in [2.45, 2.75) is 39.8 Å². The molecule has 0 spiro atoms. The van der Waals surface area contributed by atoms with E-state index in [2.05, 4.69) is 71.7 Å². The van der Waals surface area contributed by atoms with E-state index in [-0.39, 0.29) is 18.1 Å². The van der Waals surface area contributed by atoms with Crippen molar-refractivity contribution in [1.82, 2.24) is 14.9 Å². The van der Waals surface area contributed by atoms with Crippen molar-refractivity contribution in [3.8, 4) is 5.69 Å². The van der Waals surface area contributed by atoms with Gasteiger partial charge in [0.2, 0.25) is 0 Å². The fourth-order valence-electron chi connectivity index (χ4n) is 5.20. The van der Waals surface area contributed by atoms with E-state index in [1.54, 1.807) is 6.07 Å². The molecule has 4 aromatic rings. The van der Waals surface area contributed by atoms with Gasteiger partial charge in [0.1, 0.15) is 0 Å². The number of anilines is 1. The van der Waals surface area contributed by atoms with Gasteiger partial charge in [0.05, 0.1) is 30.5 Å². The highest BCUT2D eigenvalue weighted by Crippen LogP contribution is 2.44. The molecule has 1 fully saturated rings. The number of carbonyl (C=O) groups is 1. The van der Waals surface area contributed by atoms with Crippen LogP contribution in [0.4, 0.5) is 5.69 Å². The molecule has 0 radical (unpaired) electrons. The molecule has 6 nitrogen and oxygen atoms in total. The van der Waals surface area contributed by atoms with E-state index in [4.69, 9.17) is 17.0 Å². The van der Waals surface area contributed by atoms with Crippen molar-refractivity contribution in [2.75, 3.05) is 12.0 Å². The van der Waals surface area contributed by atoms with Crippen LogP contribution in [0.5, 0.6) is 0 Å². The number of benzene rings is 2. The van der Waals surface area contributed by atoms with Crippen molar-refractivity contribution < 1.29 is 9.53 Å². The predicted molar refractivity (Wildman–Crippen MR) is 150 cm³/mol. The minimum absolute atomic E-state index is 0.117. The summed E-state index contributed by atoms with van der Waals surface area (Å²) in [4.78, 5) is 19.1. The topological polar surface area (TPSA) is 59.4 Å². The molecule has 188 valence electrons. The molecule has 1 N–H and O–H groups in total. The van der Waals surface area contributed by atoms with Gasteiger partial charge in [0.25, 0.3) is 0 Å². The summed E-state index contributed by atoms with van der Waals surface area (Å²) in [6.07, 6.45) is 1.82. The first-order valence-corrected chi connectivity index (χ1v) is 12.7. The van der Waals surface area contributed by atoms with Gasteiger partial charge < -0.3 is 19.5 Å². The smallest absolute Gasteiger partial charge is 0.337 e. The number of aryl methyl sites for hydroxylation is 3. The van der Waals surface area contributed by atoms with Gasteiger partial charge in [-0.05, 0) is 105 Å². The first-order valence-electron chi connectivity index (χ1n) is 12.3. The molecule has 2 aromatic heterocycles. The highest BCUT2D eigenvalue weighted by atomic mass is 32.1. The third-order valence-electron chi connectivity index (χ3n) is 7.18. The zero-order valence-corrected chi connectivity index (χ0v) is 22.5. The van der Waals surface area contributed by atoms with E-state index >= 15 is 0 Å². The second-order valence-corrected chi connectivity index (χ2v) is 9.86. The largest absolute Gasteiger partial charge is 0.465 e. The van der Waals surface area contributed by atoms with Gasteiger partial charge in [0, 0.05) is 29.0 Å². The lowest BCUT2D eigenvalue weighted by Gasteiger charge is -2.28. The highest BCUT2D eigenvalue weighted by Gasteiger charge is 2.42. The van der Waals surface area contributed by atoms with Crippen LogP contribution >= 0.6 is 12.2 Å². The fraction of sp³-hybridized carbons (Fsp3) is 0.233. The van der Waals surface area contributed by atoms with E-state index in [9.17, 15) is 4.79 Å². The number of carbonyl (C=O) groups excluding carboxylic acids is 1. The van der Waals surface area contributed by atoms with Crippen LogP contribution in [0.2, 0.25) is 0 Å². The predicted octanol–water partition coefficient (Wildman–Crippen LogP) is 6.07. The number of hydrogen-bond donors (Lipinski definition) is 1. The minimum Gasteiger partial charge on any atom is -0.465 e. The summed E-state index contributed by atoms with van der Waals surface area (Å²) in [6, 6.07) is 21.9. The maximum atomic E-state index is 12.2. The molecule has 3 heterocycles. The van der Waals surface area contributed by atoms with Crippen molar-refractivity contribution in [1.29, 1.82) is 0 Å². The summed E-state index contributed by atoms with van der Waals surface area (Å²) in [5.41, 5.74) is 9.12. The van der Waals surface area contributed by atoms with E-state index < -0.39 is 0 Å². The summed E-state index contributed by atoms with van der Waals surface area (Å²) in [6.45, 7) is 8.43. The minimum atomic E-state index is -0.356. The zero-order chi connectivity index (χ0) is 26.3. The number of thiocarbonyl (C=S) groups is 1.